The number of halogens is 1. The van der Waals surface area contributed by atoms with E-state index >= 15 is 0 Å². The zero-order valence-electron chi connectivity index (χ0n) is 13.4. The molecule has 5 nitrogen and oxygen atoms in total. The lowest BCUT2D eigenvalue weighted by Gasteiger charge is -2.31. The molecule has 2 rings (SSSR count). The highest BCUT2D eigenvalue weighted by Gasteiger charge is 2.25. The highest BCUT2D eigenvalue weighted by Crippen LogP contribution is 2.22. The van der Waals surface area contributed by atoms with E-state index in [0.717, 1.165) is 25.7 Å². The van der Waals surface area contributed by atoms with Gasteiger partial charge in [-0.1, -0.05) is 6.07 Å². The third-order valence-electron chi connectivity index (χ3n) is 3.46. The van der Waals surface area contributed by atoms with Crippen LogP contribution in [0, 0.1) is 5.95 Å². The van der Waals surface area contributed by atoms with Gasteiger partial charge >= 0.3 is 6.09 Å². The second-order valence-corrected chi connectivity index (χ2v) is 6.70. The van der Waals surface area contributed by atoms with Gasteiger partial charge in [0.2, 0.25) is 5.95 Å². The summed E-state index contributed by atoms with van der Waals surface area (Å²) in [6.07, 6.45) is 3.28. The fraction of sp³-hybridized carbons (Fsp3) is 0.625. The molecule has 6 heteroatoms. The van der Waals surface area contributed by atoms with Crippen LogP contribution < -0.4 is 10.6 Å². The first-order valence-corrected chi connectivity index (χ1v) is 7.70. The predicted octanol–water partition coefficient (Wildman–Crippen LogP) is 3.47. The molecule has 22 heavy (non-hydrogen) atoms. The summed E-state index contributed by atoms with van der Waals surface area (Å²) >= 11 is 0. The van der Waals surface area contributed by atoms with Gasteiger partial charge in [0, 0.05) is 12.1 Å². The average Bonchev–Trinajstić information content (AvgIpc) is 2.36. The fourth-order valence-electron chi connectivity index (χ4n) is 2.62. The van der Waals surface area contributed by atoms with Crippen LogP contribution in [0.2, 0.25) is 0 Å². The second kappa shape index (κ2) is 6.94. The maximum absolute atomic E-state index is 13.1. The maximum atomic E-state index is 13.1. The van der Waals surface area contributed by atoms with Crippen LogP contribution in [0.15, 0.2) is 18.2 Å². The van der Waals surface area contributed by atoms with Crippen LogP contribution in [0.5, 0.6) is 0 Å². The number of amides is 1. The smallest absolute Gasteiger partial charge is 0.407 e. The van der Waals surface area contributed by atoms with Crippen LogP contribution in [0.25, 0.3) is 0 Å². The third-order valence-corrected chi connectivity index (χ3v) is 3.46. The molecule has 1 aliphatic carbocycles. The quantitative estimate of drug-likeness (QED) is 0.839. The zero-order valence-corrected chi connectivity index (χ0v) is 13.4. The number of pyridine rings is 1. The summed E-state index contributed by atoms with van der Waals surface area (Å²) in [6.45, 7) is 5.52. The number of carbonyl (C=O) groups excluding carboxylic acids is 1. The van der Waals surface area contributed by atoms with Gasteiger partial charge in [0.05, 0.1) is 0 Å². The minimum atomic E-state index is -0.498. The molecular formula is C16H24FN3O2. The highest BCUT2D eigenvalue weighted by molar-refractivity contribution is 5.68. The first-order valence-electron chi connectivity index (χ1n) is 7.70. The van der Waals surface area contributed by atoms with Crippen molar-refractivity contribution in [3.05, 3.63) is 24.1 Å². The van der Waals surface area contributed by atoms with Crippen LogP contribution in [-0.4, -0.2) is 28.8 Å². The fourth-order valence-corrected chi connectivity index (χ4v) is 2.62. The Labute approximate surface area is 130 Å². The summed E-state index contributed by atoms with van der Waals surface area (Å²) < 4.78 is 18.4. The molecule has 1 amide bonds. The van der Waals surface area contributed by atoms with Gasteiger partial charge in [-0.25, -0.2) is 9.78 Å². The van der Waals surface area contributed by atoms with Crippen molar-refractivity contribution in [2.75, 3.05) is 5.32 Å². The van der Waals surface area contributed by atoms with E-state index in [0.29, 0.717) is 5.82 Å². The SMILES string of the molecule is CC(C)(C)OC(=O)NC1CCCC(Nc2cccc(F)n2)C1. The molecule has 0 aliphatic heterocycles. The van der Waals surface area contributed by atoms with Crippen LogP contribution in [0.1, 0.15) is 46.5 Å². The Kier molecular flexibility index (Phi) is 5.21. The summed E-state index contributed by atoms with van der Waals surface area (Å²) in [5.41, 5.74) is -0.498. The van der Waals surface area contributed by atoms with Gasteiger partial charge in [-0.2, -0.15) is 4.39 Å². The van der Waals surface area contributed by atoms with Crippen LogP contribution in [0.4, 0.5) is 15.0 Å². The van der Waals surface area contributed by atoms with Crippen molar-refractivity contribution < 1.29 is 13.9 Å². The van der Waals surface area contributed by atoms with E-state index in [1.165, 1.54) is 6.07 Å². The third kappa shape index (κ3) is 5.50. The molecule has 0 radical (unpaired) electrons. The molecule has 1 saturated carbocycles. The van der Waals surface area contributed by atoms with Gasteiger partial charge in [-0.05, 0) is 58.6 Å². The van der Waals surface area contributed by atoms with Gasteiger partial charge in [0.25, 0.3) is 0 Å². The lowest BCUT2D eigenvalue weighted by molar-refractivity contribution is 0.0492. The molecule has 2 atom stereocenters. The Morgan fingerprint density at radius 3 is 2.73 bits per heavy atom. The zero-order chi connectivity index (χ0) is 16.2. The van der Waals surface area contributed by atoms with Crippen LogP contribution >= 0.6 is 0 Å². The van der Waals surface area contributed by atoms with Gasteiger partial charge < -0.3 is 15.4 Å². The molecule has 2 N–H and O–H groups in total. The molecular weight excluding hydrogens is 285 g/mol. The van der Waals surface area contributed by atoms with Crippen LogP contribution in [0.3, 0.4) is 0 Å². The summed E-state index contributed by atoms with van der Waals surface area (Å²) in [5, 5.41) is 6.14. The molecule has 0 spiro atoms. The van der Waals surface area contributed by atoms with E-state index in [1.807, 2.05) is 20.8 Å². The summed E-state index contributed by atoms with van der Waals surface area (Å²) in [7, 11) is 0. The van der Waals surface area contributed by atoms with Crippen molar-refractivity contribution in [3.8, 4) is 0 Å². The average molecular weight is 309 g/mol. The lowest BCUT2D eigenvalue weighted by atomic mass is 9.91. The molecule has 122 valence electrons. The van der Waals surface area contributed by atoms with E-state index < -0.39 is 11.5 Å². The molecule has 1 fully saturated rings. The number of nitrogens with zero attached hydrogens (tertiary/aromatic N) is 1. The number of hydrogen-bond donors (Lipinski definition) is 2. The van der Waals surface area contributed by atoms with E-state index in [9.17, 15) is 9.18 Å². The topological polar surface area (TPSA) is 63.2 Å². The lowest BCUT2D eigenvalue weighted by Crippen LogP contribution is -2.43. The minimum absolute atomic E-state index is 0.0645. The number of ether oxygens (including phenoxy) is 1. The van der Waals surface area contributed by atoms with E-state index in [-0.39, 0.29) is 18.2 Å². The number of aromatic nitrogens is 1. The number of rotatable bonds is 3. The summed E-state index contributed by atoms with van der Waals surface area (Å²) in [4.78, 5) is 15.6. The monoisotopic (exact) mass is 309 g/mol. The Morgan fingerprint density at radius 1 is 1.32 bits per heavy atom. The molecule has 1 aromatic heterocycles. The molecule has 1 heterocycles. The van der Waals surface area contributed by atoms with E-state index in [4.69, 9.17) is 4.74 Å². The van der Waals surface area contributed by atoms with Crippen molar-refractivity contribution in [3.63, 3.8) is 0 Å². The minimum Gasteiger partial charge on any atom is -0.444 e. The van der Waals surface area contributed by atoms with E-state index in [2.05, 4.69) is 15.6 Å². The molecule has 0 aromatic carbocycles. The van der Waals surface area contributed by atoms with Gasteiger partial charge in [-0.15, -0.1) is 0 Å². The van der Waals surface area contributed by atoms with E-state index in [1.54, 1.807) is 12.1 Å². The number of anilines is 1. The number of carbonyl (C=O) groups is 1. The standard InChI is InChI=1S/C16H24FN3O2/c1-16(2,3)22-15(21)19-12-7-4-6-11(10-12)18-14-9-5-8-13(17)20-14/h5,8-9,11-12H,4,6-7,10H2,1-3H3,(H,18,20)(H,19,21). The molecule has 0 bridgehead atoms. The Morgan fingerprint density at radius 2 is 2.05 bits per heavy atom. The van der Waals surface area contributed by atoms with Crippen molar-refractivity contribution in [2.45, 2.75) is 64.1 Å². The first kappa shape index (κ1) is 16.5. The van der Waals surface area contributed by atoms with Crippen molar-refractivity contribution in [1.82, 2.24) is 10.3 Å². The van der Waals surface area contributed by atoms with Gasteiger partial charge in [0.15, 0.2) is 0 Å². The number of nitrogens with one attached hydrogen (secondary N) is 2. The van der Waals surface area contributed by atoms with Crippen molar-refractivity contribution >= 4 is 11.9 Å². The van der Waals surface area contributed by atoms with Gasteiger partial charge in [-0.3, -0.25) is 0 Å². The number of hydrogen-bond acceptors (Lipinski definition) is 4. The molecule has 1 aliphatic rings. The highest BCUT2D eigenvalue weighted by atomic mass is 19.1. The Bertz CT molecular complexity index is 516. The normalized spacial score (nSPS) is 22.0. The second-order valence-electron chi connectivity index (χ2n) is 6.70. The van der Waals surface area contributed by atoms with Crippen molar-refractivity contribution in [1.29, 1.82) is 0 Å². The van der Waals surface area contributed by atoms with Crippen molar-refractivity contribution in [2.24, 2.45) is 0 Å². The summed E-state index contributed by atoms with van der Waals surface area (Å²) in [6, 6.07) is 4.93. The van der Waals surface area contributed by atoms with Gasteiger partial charge in [0.1, 0.15) is 11.4 Å². The Hall–Kier alpha value is -1.85. The predicted molar refractivity (Wildman–Crippen MR) is 83.2 cm³/mol. The largest absolute Gasteiger partial charge is 0.444 e. The van der Waals surface area contributed by atoms with Crippen LogP contribution in [-0.2, 0) is 4.74 Å². The molecule has 0 saturated heterocycles. The Balaban J connectivity index is 1.85. The number of alkyl carbamates (subject to hydrolysis) is 1. The molecule has 2 unspecified atom stereocenters. The summed E-state index contributed by atoms with van der Waals surface area (Å²) in [5.74, 6) is 0.0344. The first-order chi connectivity index (χ1) is 10.3. The molecule has 1 aromatic rings. The maximum Gasteiger partial charge on any atom is 0.407 e.